The van der Waals surface area contributed by atoms with Crippen LogP contribution in [0.3, 0.4) is 0 Å². The second-order valence-electron chi connectivity index (χ2n) is 8.32. The molecule has 4 unspecified atom stereocenters. The van der Waals surface area contributed by atoms with Crippen LogP contribution in [0.4, 0.5) is 0 Å². The molecule has 0 aromatic carbocycles. The molecule has 5 fully saturated rings. The van der Waals surface area contributed by atoms with Gasteiger partial charge >= 0.3 is 11.9 Å². The monoisotopic (exact) mass is 304 g/mol. The minimum Gasteiger partial charge on any atom is -0.469 e. The van der Waals surface area contributed by atoms with Crippen molar-refractivity contribution in [3.63, 3.8) is 0 Å². The fourth-order valence-corrected chi connectivity index (χ4v) is 8.05. The Morgan fingerprint density at radius 3 is 1.32 bits per heavy atom. The number of hydrogen-bond donors (Lipinski definition) is 0. The lowest BCUT2D eigenvalue weighted by Gasteiger charge is -2.44. The molecule has 5 rings (SSSR count). The number of rotatable bonds is 4. The summed E-state index contributed by atoms with van der Waals surface area (Å²) in [5.74, 6) is 7.41. The van der Waals surface area contributed by atoms with Crippen molar-refractivity contribution in [2.45, 2.75) is 25.7 Å². The number of carbonyl (C=O) groups excluding carboxylic acids is 2. The summed E-state index contributed by atoms with van der Waals surface area (Å²) in [6.07, 6.45) is 3.75. The molecule has 5 aliphatic rings. The van der Waals surface area contributed by atoms with E-state index in [1.54, 1.807) is 0 Å². The Bertz CT molecular complexity index is 459. The van der Waals surface area contributed by atoms with E-state index in [1.807, 2.05) is 0 Å². The maximum Gasteiger partial charge on any atom is 0.305 e. The summed E-state index contributed by atoms with van der Waals surface area (Å²) in [7, 11) is 3.01. The molecule has 4 heteroatoms. The van der Waals surface area contributed by atoms with E-state index in [0.29, 0.717) is 24.7 Å². The molecule has 0 bridgehead atoms. The third kappa shape index (κ3) is 1.36. The van der Waals surface area contributed by atoms with E-state index in [-0.39, 0.29) is 11.9 Å². The first-order chi connectivity index (χ1) is 10.7. The minimum atomic E-state index is -0.0296. The molecule has 0 aromatic rings. The molecule has 0 radical (unpaired) electrons. The Labute approximate surface area is 130 Å². The van der Waals surface area contributed by atoms with Crippen LogP contribution in [-0.2, 0) is 19.1 Å². The highest BCUT2D eigenvalue weighted by Crippen LogP contribution is 2.83. The molecule has 0 amide bonds. The smallest absolute Gasteiger partial charge is 0.305 e. The van der Waals surface area contributed by atoms with Crippen molar-refractivity contribution in [1.82, 2.24) is 0 Å². The van der Waals surface area contributed by atoms with Crippen LogP contribution >= 0.6 is 0 Å². The number of ether oxygens (including phenoxy) is 2. The molecule has 5 saturated carbocycles. The largest absolute Gasteiger partial charge is 0.469 e. The molecule has 4 nitrogen and oxygen atoms in total. The van der Waals surface area contributed by atoms with Gasteiger partial charge in [0.2, 0.25) is 0 Å². The topological polar surface area (TPSA) is 52.6 Å². The number of methoxy groups -OCH3 is 2. The summed E-state index contributed by atoms with van der Waals surface area (Å²) in [5.41, 5.74) is 0. The first kappa shape index (κ1) is 13.4. The van der Waals surface area contributed by atoms with Crippen LogP contribution in [-0.4, -0.2) is 26.2 Å². The Kier molecular flexibility index (Phi) is 2.60. The van der Waals surface area contributed by atoms with Gasteiger partial charge in [-0.2, -0.15) is 0 Å². The summed E-state index contributed by atoms with van der Waals surface area (Å²) in [6.45, 7) is 0. The average Bonchev–Trinajstić information content (AvgIpc) is 3.11. The Hall–Kier alpha value is -1.06. The van der Waals surface area contributed by atoms with Crippen LogP contribution in [0, 0.1) is 59.2 Å². The maximum atomic E-state index is 11.8. The zero-order chi connectivity index (χ0) is 15.2. The normalized spacial score (nSPS) is 55.2. The Morgan fingerprint density at radius 1 is 0.727 bits per heavy atom. The van der Waals surface area contributed by atoms with Gasteiger partial charge in [0.15, 0.2) is 0 Å². The van der Waals surface area contributed by atoms with Gasteiger partial charge in [-0.15, -0.1) is 0 Å². The summed E-state index contributed by atoms with van der Waals surface area (Å²) >= 11 is 0. The zero-order valence-corrected chi connectivity index (χ0v) is 13.2. The molecule has 120 valence electrons. The van der Waals surface area contributed by atoms with E-state index < -0.39 is 0 Å². The zero-order valence-electron chi connectivity index (χ0n) is 13.2. The van der Waals surface area contributed by atoms with E-state index in [2.05, 4.69) is 0 Å². The summed E-state index contributed by atoms with van der Waals surface area (Å²) in [6, 6.07) is 0. The van der Waals surface area contributed by atoms with Gasteiger partial charge in [0.25, 0.3) is 0 Å². The first-order valence-electron chi connectivity index (χ1n) is 8.79. The minimum absolute atomic E-state index is 0.0296. The van der Waals surface area contributed by atoms with Crippen LogP contribution in [0.2, 0.25) is 0 Å². The van der Waals surface area contributed by atoms with E-state index in [9.17, 15) is 9.59 Å². The van der Waals surface area contributed by atoms with Crippen molar-refractivity contribution >= 4 is 11.9 Å². The third-order valence-electron chi connectivity index (χ3n) is 8.30. The molecule has 22 heavy (non-hydrogen) atoms. The van der Waals surface area contributed by atoms with Crippen molar-refractivity contribution in [2.24, 2.45) is 59.2 Å². The summed E-state index contributed by atoms with van der Waals surface area (Å²) in [4.78, 5) is 23.6. The highest BCUT2D eigenvalue weighted by molar-refractivity contribution is 5.70. The van der Waals surface area contributed by atoms with Crippen LogP contribution in [0.15, 0.2) is 0 Å². The van der Waals surface area contributed by atoms with Gasteiger partial charge in [0.1, 0.15) is 0 Å². The predicted molar refractivity (Wildman–Crippen MR) is 77.4 cm³/mol. The van der Waals surface area contributed by atoms with Crippen molar-refractivity contribution in [1.29, 1.82) is 0 Å². The van der Waals surface area contributed by atoms with E-state index in [1.165, 1.54) is 27.1 Å². The van der Waals surface area contributed by atoms with Crippen molar-refractivity contribution in [2.75, 3.05) is 14.2 Å². The number of hydrogen-bond acceptors (Lipinski definition) is 4. The van der Waals surface area contributed by atoms with Gasteiger partial charge in [-0.25, -0.2) is 0 Å². The Morgan fingerprint density at radius 2 is 1.05 bits per heavy atom. The molecular weight excluding hydrogens is 280 g/mol. The SMILES string of the molecule is COC(=O)CC1C2CC3C(CC(=O)OC)C4CC1C1C2C3C41. The molecular formula is C18H24O4. The van der Waals surface area contributed by atoms with Crippen molar-refractivity contribution in [3.05, 3.63) is 0 Å². The van der Waals surface area contributed by atoms with Gasteiger partial charge in [0, 0.05) is 12.8 Å². The second-order valence-corrected chi connectivity index (χ2v) is 8.32. The van der Waals surface area contributed by atoms with Crippen molar-refractivity contribution in [3.8, 4) is 0 Å². The highest BCUT2D eigenvalue weighted by atomic mass is 16.5. The molecule has 0 saturated heterocycles. The fraction of sp³-hybridized carbons (Fsp3) is 0.889. The van der Waals surface area contributed by atoms with Crippen LogP contribution in [0.5, 0.6) is 0 Å². The highest BCUT2D eigenvalue weighted by Gasteiger charge is 2.78. The lowest BCUT2D eigenvalue weighted by atomic mass is 9.60. The van der Waals surface area contributed by atoms with Crippen molar-refractivity contribution < 1.29 is 19.1 Å². The van der Waals surface area contributed by atoms with Crippen LogP contribution < -0.4 is 0 Å². The number of esters is 2. The first-order valence-corrected chi connectivity index (χ1v) is 8.79. The Balaban J connectivity index is 1.43. The predicted octanol–water partition coefficient (Wildman–Crippen LogP) is 2.12. The van der Waals surface area contributed by atoms with Gasteiger partial charge in [-0.3, -0.25) is 9.59 Å². The standard InChI is InChI=1S/C18H24O4/c1-21-13(19)5-7-9-3-11-8(6-14(20)22-2)12-4-10(7)16-15(9)17(11)18(12)16/h7-12,15-18H,3-6H2,1-2H3. The average molecular weight is 304 g/mol. The van der Waals surface area contributed by atoms with Crippen LogP contribution in [0.25, 0.3) is 0 Å². The van der Waals surface area contributed by atoms with Crippen LogP contribution in [0.1, 0.15) is 25.7 Å². The maximum absolute atomic E-state index is 11.8. The summed E-state index contributed by atoms with van der Waals surface area (Å²) < 4.78 is 9.88. The van der Waals surface area contributed by atoms with Gasteiger partial charge in [0.05, 0.1) is 14.2 Å². The van der Waals surface area contributed by atoms with E-state index in [4.69, 9.17) is 9.47 Å². The second kappa shape index (κ2) is 4.27. The van der Waals surface area contributed by atoms with E-state index in [0.717, 1.165) is 47.3 Å². The molecule has 4 atom stereocenters. The quantitative estimate of drug-likeness (QED) is 0.747. The fourth-order valence-electron chi connectivity index (χ4n) is 8.05. The molecule has 0 N–H and O–H groups in total. The molecule has 0 spiro atoms. The third-order valence-corrected chi connectivity index (χ3v) is 8.30. The van der Waals surface area contributed by atoms with Gasteiger partial charge in [-0.1, -0.05) is 0 Å². The molecule has 0 aliphatic heterocycles. The molecule has 5 aliphatic carbocycles. The molecule has 0 aromatic heterocycles. The lowest BCUT2D eigenvalue weighted by molar-refractivity contribution is -0.142. The molecule has 0 heterocycles. The summed E-state index contributed by atoms with van der Waals surface area (Å²) in [5, 5.41) is 0. The van der Waals surface area contributed by atoms with Gasteiger partial charge in [-0.05, 0) is 72.0 Å². The lowest BCUT2D eigenvalue weighted by Crippen LogP contribution is -2.41. The number of carbonyl (C=O) groups is 2. The van der Waals surface area contributed by atoms with Gasteiger partial charge < -0.3 is 9.47 Å². The van der Waals surface area contributed by atoms with E-state index >= 15 is 0 Å².